The van der Waals surface area contributed by atoms with Gasteiger partial charge in [-0.2, -0.15) is 0 Å². The van der Waals surface area contributed by atoms with E-state index in [9.17, 15) is 14.4 Å². The first-order chi connectivity index (χ1) is 13.1. The summed E-state index contributed by atoms with van der Waals surface area (Å²) in [5.74, 6) is -0.389. The number of aldehydes is 1. The van der Waals surface area contributed by atoms with E-state index in [1.165, 1.54) is 0 Å². The molecule has 27 heavy (non-hydrogen) atoms. The molecule has 0 saturated heterocycles. The molecule has 0 aliphatic heterocycles. The number of carbonyl (C=O) groups is 3. The van der Waals surface area contributed by atoms with Crippen LogP contribution in [0.1, 0.15) is 24.0 Å². The second-order valence-electron chi connectivity index (χ2n) is 6.71. The van der Waals surface area contributed by atoms with Crippen molar-refractivity contribution < 1.29 is 19.1 Å². The number of hydrogen-bond acceptors (Lipinski definition) is 4. The molecular weight excluding hydrogens is 344 g/mol. The number of amides is 2. The predicted octanol–water partition coefficient (Wildman–Crippen LogP) is 2.37. The maximum atomic E-state index is 12.6. The Morgan fingerprint density at radius 1 is 1.00 bits per heavy atom. The number of hydrogen-bond donors (Lipinski definition) is 2. The van der Waals surface area contributed by atoms with Gasteiger partial charge in [-0.1, -0.05) is 60.7 Å². The van der Waals surface area contributed by atoms with Gasteiger partial charge < -0.3 is 20.2 Å². The normalized spacial score (nSPS) is 15.3. The van der Waals surface area contributed by atoms with Gasteiger partial charge in [0.1, 0.15) is 18.9 Å². The molecule has 1 saturated carbocycles. The van der Waals surface area contributed by atoms with E-state index in [1.807, 2.05) is 60.7 Å². The molecule has 140 valence electrons. The van der Waals surface area contributed by atoms with Crippen LogP contribution in [0.15, 0.2) is 60.7 Å². The highest BCUT2D eigenvalue weighted by molar-refractivity contribution is 5.90. The van der Waals surface area contributed by atoms with Gasteiger partial charge in [-0.15, -0.1) is 0 Å². The Morgan fingerprint density at radius 2 is 1.59 bits per heavy atom. The Hall–Kier alpha value is -3.15. The number of nitrogens with one attached hydrogen (secondary N) is 2. The van der Waals surface area contributed by atoms with Gasteiger partial charge in [0.05, 0.1) is 5.54 Å². The van der Waals surface area contributed by atoms with Gasteiger partial charge in [0.15, 0.2) is 0 Å². The Labute approximate surface area is 157 Å². The number of carbonyl (C=O) groups excluding carboxylic acids is 3. The summed E-state index contributed by atoms with van der Waals surface area (Å²) in [4.78, 5) is 36.0. The molecule has 1 aliphatic carbocycles. The van der Waals surface area contributed by atoms with E-state index in [2.05, 4.69) is 10.6 Å². The minimum absolute atomic E-state index is 0.116. The lowest BCUT2D eigenvalue weighted by atomic mass is 10.0. The van der Waals surface area contributed by atoms with E-state index in [0.29, 0.717) is 19.3 Å². The fraction of sp³-hybridized carbons (Fsp3) is 0.286. The summed E-state index contributed by atoms with van der Waals surface area (Å²) in [6, 6.07) is 17.8. The molecule has 2 N–H and O–H groups in total. The monoisotopic (exact) mass is 366 g/mol. The molecule has 0 aromatic heterocycles. The van der Waals surface area contributed by atoms with Crippen molar-refractivity contribution in [1.29, 1.82) is 0 Å². The van der Waals surface area contributed by atoms with Crippen LogP contribution in [-0.4, -0.2) is 29.9 Å². The second-order valence-corrected chi connectivity index (χ2v) is 6.71. The molecule has 0 radical (unpaired) electrons. The van der Waals surface area contributed by atoms with E-state index < -0.39 is 17.7 Å². The van der Waals surface area contributed by atoms with Gasteiger partial charge in [0, 0.05) is 6.42 Å². The van der Waals surface area contributed by atoms with Crippen LogP contribution in [0.25, 0.3) is 0 Å². The summed E-state index contributed by atoms with van der Waals surface area (Å²) in [6.07, 6.45) is 1.64. The smallest absolute Gasteiger partial charge is 0.408 e. The van der Waals surface area contributed by atoms with Crippen LogP contribution in [-0.2, 0) is 27.4 Å². The highest BCUT2D eigenvalue weighted by Crippen LogP contribution is 2.32. The second kappa shape index (κ2) is 8.49. The number of benzene rings is 2. The van der Waals surface area contributed by atoms with Gasteiger partial charge >= 0.3 is 6.09 Å². The van der Waals surface area contributed by atoms with Crippen LogP contribution in [0.4, 0.5) is 4.79 Å². The predicted molar refractivity (Wildman–Crippen MR) is 99.9 cm³/mol. The summed E-state index contributed by atoms with van der Waals surface area (Å²) in [7, 11) is 0. The van der Waals surface area contributed by atoms with Gasteiger partial charge in [-0.05, 0) is 24.0 Å². The number of rotatable bonds is 8. The van der Waals surface area contributed by atoms with Gasteiger partial charge in [-0.3, -0.25) is 4.79 Å². The lowest BCUT2D eigenvalue weighted by Gasteiger charge is -2.20. The van der Waals surface area contributed by atoms with Crippen LogP contribution in [0.2, 0.25) is 0 Å². The van der Waals surface area contributed by atoms with E-state index >= 15 is 0 Å². The van der Waals surface area contributed by atoms with Crippen molar-refractivity contribution in [2.75, 3.05) is 0 Å². The molecule has 6 heteroatoms. The topological polar surface area (TPSA) is 84.5 Å². The van der Waals surface area contributed by atoms with E-state index in [-0.39, 0.29) is 12.5 Å². The average molecular weight is 366 g/mol. The quantitative estimate of drug-likeness (QED) is 0.703. The maximum absolute atomic E-state index is 12.6. The number of alkyl carbamates (subject to hydrolysis) is 1. The standard InChI is InChI=1S/C21H22N2O4/c24-15-21(11-12-21)23-19(25)18(13-16-7-3-1-4-8-16)22-20(26)27-14-17-9-5-2-6-10-17/h1-10,15,18H,11-14H2,(H,22,26)(H,23,25)/t18-/m0/s1. The molecule has 2 aromatic carbocycles. The first kappa shape index (κ1) is 18.6. The lowest BCUT2D eigenvalue weighted by molar-refractivity contribution is -0.126. The largest absolute Gasteiger partial charge is 0.445 e. The van der Waals surface area contributed by atoms with Crippen LogP contribution in [0, 0.1) is 0 Å². The molecule has 0 bridgehead atoms. The Kier molecular flexibility index (Phi) is 5.86. The zero-order valence-electron chi connectivity index (χ0n) is 14.9. The molecular formula is C21H22N2O4. The third-order valence-electron chi connectivity index (χ3n) is 4.49. The number of ether oxygens (including phenoxy) is 1. The van der Waals surface area contributed by atoms with Crippen molar-refractivity contribution in [1.82, 2.24) is 10.6 Å². The molecule has 6 nitrogen and oxygen atoms in total. The van der Waals surface area contributed by atoms with Crippen LogP contribution < -0.4 is 10.6 Å². The summed E-state index contributed by atoms with van der Waals surface area (Å²) in [5.41, 5.74) is 0.980. The zero-order chi connectivity index (χ0) is 19.1. The first-order valence-electron chi connectivity index (χ1n) is 8.90. The van der Waals surface area contributed by atoms with Gasteiger partial charge in [0.2, 0.25) is 5.91 Å². The van der Waals surface area contributed by atoms with E-state index in [1.54, 1.807) is 0 Å². The molecule has 0 heterocycles. The Morgan fingerprint density at radius 3 is 2.15 bits per heavy atom. The average Bonchev–Trinajstić information content (AvgIpc) is 3.47. The van der Waals surface area contributed by atoms with Crippen molar-refractivity contribution >= 4 is 18.3 Å². The molecule has 2 aromatic rings. The SMILES string of the molecule is O=CC1(NC(=O)[C@H](Cc2ccccc2)NC(=O)OCc2ccccc2)CC1. The molecule has 3 rings (SSSR count). The molecule has 1 atom stereocenters. The Bertz CT molecular complexity index is 788. The summed E-state index contributed by atoms with van der Waals surface area (Å²) in [5, 5.41) is 5.36. The van der Waals surface area contributed by atoms with E-state index in [0.717, 1.165) is 17.4 Å². The van der Waals surface area contributed by atoms with Gasteiger partial charge in [-0.25, -0.2) is 4.79 Å². The van der Waals surface area contributed by atoms with E-state index in [4.69, 9.17) is 4.74 Å². The summed E-state index contributed by atoms with van der Waals surface area (Å²) < 4.78 is 5.22. The fourth-order valence-corrected chi connectivity index (χ4v) is 2.71. The fourth-order valence-electron chi connectivity index (χ4n) is 2.71. The van der Waals surface area contributed by atoms with Crippen molar-refractivity contribution in [2.45, 2.75) is 37.5 Å². The van der Waals surface area contributed by atoms with Crippen LogP contribution in [0.3, 0.4) is 0 Å². The maximum Gasteiger partial charge on any atom is 0.408 e. The minimum Gasteiger partial charge on any atom is -0.445 e. The lowest BCUT2D eigenvalue weighted by Crippen LogP contribution is -2.52. The van der Waals surface area contributed by atoms with Crippen molar-refractivity contribution in [3.05, 3.63) is 71.8 Å². The minimum atomic E-state index is -0.826. The highest BCUT2D eigenvalue weighted by atomic mass is 16.5. The third-order valence-corrected chi connectivity index (χ3v) is 4.49. The molecule has 2 amide bonds. The van der Waals surface area contributed by atoms with Crippen LogP contribution >= 0.6 is 0 Å². The Balaban J connectivity index is 1.62. The van der Waals surface area contributed by atoms with Crippen LogP contribution in [0.5, 0.6) is 0 Å². The summed E-state index contributed by atoms with van der Waals surface area (Å²) in [6.45, 7) is 0.116. The van der Waals surface area contributed by atoms with Gasteiger partial charge in [0.25, 0.3) is 0 Å². The summed E-state index contributed by atoms with van der Waals surface area (Å²) >= 11 is 0. The molecule has 0 unspecified atom stereocenters. The molecule has 1 fully saturated rings. The van der Waals surface area contributed by atoms with Crippen molar-refractivity contribution in [3.63, 3.8) is 0 Å². The van der Waals surface area contributed by atoms with Crippen molar-refractivity contribution in [3.8, 4) is 0 Å². The first-order valence-corrected chi connectivity index (χ1v) is 8.90. The van der Waals surface area contributed by atoms with Crippen molar-refractivity contribution in [2.24, 2.45) is 0 Å². The highest BCUT2D eigenvalue weighted by Gasteiger charge is 2.45. The third kappa shape index (κ3) is 5.41. The molecule has 1 aliphatic rings. The zero-order valence-corrected chi connectivity index (χ0v) is 14.9. The molecule has 0 spiro atoms.